The number of hydrogen-bond donors (Lipinski definition) is 1. The van der Waals surface area contributed by atoms with Crippen LogP contribution in [0.15, 0.2) is 41.3 Å². The lowest BCUT2D eigenvalue weighted by molar-refractivity contribution is 0.0723. The molecule has 148 valence electrons. The van der Waals surface area contributed by atoms with Gasteiger partial charge in [0, 0.05) is 26.3 Å². The van der Waals surface area contributed by atoms with Crippen molar-refractivity contribution in [1.82, 2.24) is 9.47 Å². The molecule has 2 heterocycles. The Morgan fingerprint density at radius 1 is 1.14 bits per heavy atom. The standard InChI is InChI=1S/C21H25N3O4/c1-3-28-18-10-6-5-9-16(18)19(25)22-17-13-15(14-23(2)21(17)27)20(26)24-11-7-4-8-12-24/h5-6,9-10,13-14H,3-4,7-8,11-12H2,1-2H3,(H,22,25). The molecule has 0 unspecified atom stereocenters. The van der Waals surface area contributed by atoms with Crippen LogP contribution in [-0.4, -0.2) is 41.0 Å². The number of ether oxygens (including phenoxy) is 1. The van der Waals surface area contributed by atoms with Gasteiger partial charge in [0.1, 0.15) is 11.4 Å². The van der Waals surface area contributed by atoms with Gasteiger partial charge in [-0.1, -0.05) is 12.1 Å². The molecule has 0 bridgehead atoms. The normalized spacial score (nSPS) is 13.9. The predicted molar refractivity (Wildman–Crippen MR) is 107 cm³/mol. The zero-order valence-electron chi connectivity index (χ0n) is 16.2. The number of amides is 2. The van der Waals surface area contributed by atoms with Crippen LogP contribution in [0.5, 0.6) is 5.75 Å². The number of pyridine rings is 1. The van der Waals surface area contributed by atoms with E-state index >= 15 is 0 Å². The number of carbonyl (C=O) groups is 2. The molecule has 0 atom stereocenters. The molecule has 2 amide bonds. The number of nitrogens with zero attached hydrogens (tertiary/aromatic N) is 2. The van der Waals surface area contributed by atoms with Crippen molar-refractivity contribution < 1.29 is 14.3 Å². The molecule has 28 heavy (non-hydrogen) atoms. The van der Waals surface area contributed by atoms with Crippen molar-refractivity contribution in [2.75, 3.05) is 25.0 Å². The zero-order chi connectivity index (χ0) is 20.1. The number of rotatable bonds is 5. The number of likely N-dealkylation sites (tertiary alicyclic amines) is 1. The van der Waals surface area contributed by atoms with E-state index in [4.69, 9.17) is 4.74 Å². The number of benzene rings is 1. The van der Waals surface area contributed by atoms with Crippen LogP contribution in [0.3, 0.4) is 0 Å². The maximum Gasteiger partial charge on any atom is 0.274 e. The van der Waals surface area contributed by atoms with Crippen molar-refractivity contribution in [3.05, 3.63) is 58.0 Å². The number of aryl methyl sites for hydroxylation is 1. The van der Waals surface area contributed by atoms with Gasteiger partial charge in [0.15, 0.2) is 0 Å². The molecule has 1 aliphatic heterocycles. The fraction of sp³-hybridized carbons (Fsp3) is 0.381. The molecule has 0 aliphatic carbocycles. The van der Waals surface area contributed by atoms with E-state index in [1.165, 1.54) is 16.8 Å². The Bertz CT molecular complexity index is 929. The summed E-state index contributed by atoms with van der Waals surface area (Å²) in [5.41, 5.74) is 0.413. The van der Waals surface area contributed by atoms with Gasteiger partial charge < -0.3 is 19.5 Å². The van der Waals surface area contributed by atoms with Gasteiger partial charge in [0.25, 0.3) is 17.4 Å². The van der Waals surface area contributed by atoms with Crippen LogP contribution in [0.25, 0.3) is 0 Å². The molecule has 1 N–H and O–H groups in total. The number of piperidine rings is 1. The molecule has 1 fully saturated rings. The quantitative estimate of drug-likeness (QED) is 0.861. The summed E-state index contributed by atoms with van der Waals surface area (Å²) in [7, 11) is 1.57. The minimum atomic E-state index is -0.455. The van der Waals surface area contributed by atoms with E-state index in [-0.39, 0.29) is 17.2 Å². The molecule has 0 saturated carbocycles. The Morgan fingerprint density at radius 2 is 1.86 bits per heavy atom. The molecular formula is C21H25N3O4. The lowest BCUT2D eigenvalue weighted by atomic mass is 10.1. The molecule has 2 aromatic rings. The second-order valence-electron chi connectivity index (χ2n) is 6.79. The smallest absolute Gasteiger partial charge is 0.274 e. The summed E-state index contributed by atoms with van der Waals surface area (Å²) in [5.74, 6) is -0.135. The van der Waals surface area contributed by atoms with Gasteiger partial charge in [-0.25, -0.2) is 0 Å². The van der Waals surface area contributed by atoms with Gasteiger partial charge >= 0.3 is 0 Å². The SMILES string of the molecule is CCOc1ccccc1C(=O)Nc1cc(C(=O)N2CCCCC2)cn(C)c1=O. The first kappa shape index (κ1) is 19.7. The molecule has 1 aliphatic rings. The number of anilines is 1. The van der Waals surface area contributed by atoms with Crippen molar-refractivity contribution in [2.45, 2.75) is 26.2 Å². The van der Waals surface area contributed by atoms with Crippen LogP contribution in [0, 0.1) is 0 Å². The Hall–Kier alpha value is -3.09. The van der Waals surface area contributed by atoms with Crippen molar-refractivity contribution in [3.8, 4) is 5.75 Å². The van der Waals surface area contributed by atoms with Crippen LogP contribution in [-0.2, 0) is 7.05 Å². The third-order valence-corrected chi connectivity index (χ3v) is 4.75. The average molecular weight is 383 g/mol. The minimum absolute atomic E-state index is 0.0710. The first-order valence-electron chi connectivity index (χ1n) is 9.54. The van der Waals surface area contributed by atoms with Gasteiger partial charge in [-0.3, -0.25) is 14.4 Å². The highest BCUT2D eigenvalue weighted by molar-refractivity contribution is 6.06. The van der Waals surface area contributed by atoms with Crippen LogP contribution in [0.2, 0.25) is 0 Å². The Balaban J connectivity index is 1.88. The molecular weight excluding hydrogens is 358 g/mol. The summed E-state index contributed by atoms with van der Waals surface area (Å²) in [6.07, 6.45) is 4.60. The van der Waals surface area contributed by atoms with Gasteiger partial charge in [-0.05, 0) is 44.4 Å². The fourth-order valence-corrected chi connectivity index (χ4v) is 3.32. The third-order valence-electron chi connectivity index (χ3n) is 4.75. The van der Waals surface area contributed by atoms with E-state index in [1.54, 1.807) is 36.2 Å². The Kier molecular flexibility index (Phi) is 6.13. The number of hydrogen-bond acceptors (Lipinski definition) is 4. The van der Waals surface area contributed by atoms with E-state index in [0.717, 1.165) is 19.3 Å². The van der Waals surface area contributed by atoms with E-state index in [0.29, 0.717) is 36.6 Å². The predicted octanol–water partition coefficient (Wildman–Crippen LogP) is 2.66. The summed E-state index contributed by atoms with van der Waals surface area (Å²) in [5, 5.41) is 2.64. The molecule has 0 spiro atoms. The first-order valence-corrected chi connectivity index (χ1v) is 9.54. The molecule has 3 rings (SSSR count). The van der Waals surface area contributed by atoms with Crippen LogP contribution in [0.1, 0.15) is 46.9 Å². The number of para-hydroxylation sites is 1. The van der Waals surface area contributed by atoms with Crippen molar-refractivity contribution >= 4 is 17.5 Å². The molecule has 1 saturated heterocycles. The number of aromatic nitrogens is 1. The lowest BCUT2D eigenvalue weighted by Gasteiger charge is -2.27. The number of nitrogens with one attached hydrogen (secondary N) is 1. The molecule has 1 aromatic heterocycles. The number of carbonyl (C=O) groups excluding carboxylic acids is 2. The summed E-state index contributed by atoms with van der Waals surface area (Å²) in [6.45, 7) is 3.68. The zero-order valence-corrected chi connectivity index (χ0v) is 16.2. The van der Waals surface area contributed by atoms with Crippen LogP contribution in [0.4, 0.5) is 5.69 Å². The van der Waals surface area contributed by atoms with Crippen LogP contribution < -0.4 is 15.6 Å². The first-order chi connectivity index (χ1) is 13.5. The molecule has 7 nitrogen and oxygen atoms in total. The van der Waals surface area contributed by atoms with E-state index in [9.17, 15) is 14.4 Å². The maximum atomic E-state index is 12.8. The molecule has 7 heteroatoms. The second-order valence-corrected chi connectivity index (χ2v) is 6.79. The highest BCUT2D eigenvalue weighted by Gasteiger charge is 2.21. The highest BCUT2D eigenvalue weighted by atomic mass is 16.5. The van der Waals surface area contributed by atoms with Gasteiger partial charge in [0.2, 0.25) is 0 Å². The summed E-state index contributed by atoms with van der Waals surface area (Å²) < 4.78 is 6.81. The monoisotopic (exact) mass is 383 g/mol. The van der Waals surface area contributed by atoms with Gasteiger partial charge in [-0.2, -0.15) is 0 Å². The van der Waals surface area contributed by atoms with Crippen molar-refractivity contribution in [3.63, 3.8) is 0 Å². The van der Waals surface area contributed by atoms with Crippen molar-refractivity contribution in [2.24, 2.45) is 7.05 Å². The summed E-state index contributed by atoms with van der Waals surface area (Å²) in [6, 6.07) is 8.30. The van der Waals surface area contributed by atoms with E-state index in [1.807, 2.05) is 6.92 Å². The van der Waals surface area contributed by atoms with E-state index < -0.39 is 5.91 Å². The average Bonchev–Trinajstić information content (AvgIpc) is 2.72. The highest BCUT2D eigenvalue weighted by Crippen LogP contribution is 2.20. The largest absolute Gasteiger partial charge is 0.493 e. The van der Waals surface area contributed by atoms with Crippen LogP contribution >= 0.6 is 0 Å². The minimum Gasteiger partial charge on any atom is -0.493 e. The summed E-state index contributed by atoms with van der Waals surface area (Å²) >= 11 is 0. The lowest BCUT2D eigenvalue weighted by Crippen LogP contribution is -2.36. The fourth-order valence-electron chi connectivity index (χ4n) is 3.32. The maximum absolute atomic E-state index is 12.8. The van der Waals surface area contributed by atoms with Crippen molar-refractivity contribution in [1.29, 1.82) is 0 Å². The molecule has 1 aromatic carbocycles. The third kappa shape index (κ3) is 4.24. The molecule has 0 radical (unpaired) electrons. The van der Waals surface area contributed by atoms with Gasteiger partial charge in [-0.15, -0.1) is 0 Å². The topological polar surface area (TPSA) is 80.6 Å². The summed E-state index contributed by atoms with van der Waals surface area (Å²) in [4.78, 5) is 39.8. The van der Waals surface area contributed by atoms with E-state index in [2.05, 4.69) is 5.32 Å². The second kappa shape index (κ2) is 8.73. The Morgan fingerprint density at radius 3 is 2.57 bits per heavy atom. The van der Waals surface area contributed by atoms with Gasteiger partial charge in [0.05, 0.1) is 17.7 Å². The Labute approximate surface area is 163 Å².